The molecule has 0 heterocycles. The number of hydrogen-bond donors (Lipinski definition) is 0. The van der Waals surface area contributed by atoms with Gasteiger partial charge in [-0.3, -0.25) is 0 Å². The number of rotatable bonds is 6. The molecule has 0 aromatic heterocycles. The number of fused-ring (bicyclic) bond motifs is 9. The van der Waals surface area contributed by atoms with E-state index in [1.54, 1.807) is 0 Å². The van der Waals surface area contributed by atoms with E-state index in [0.29, 0.717) is 0 Å². The first kappa shape index (κ1) is 33.5. The van der Waals surface area contributed by atoms with Gasteiger partial charge in [0, 0.05) is 17.8 Å². The summed E-state index contributed by atoms with van der Waals surface area (Å²) >= 11 is 0. The van der Waals surface area contributed by atoms with E-state index in [1.807, 2.05) is 0 Å². The first-order chi connectivity index (χ1) is 28.8. The molecule has 0 atom stereocenters. The monoisotopic (exact) mass is 754 g/mol. The predicted octanol–water partition coefficient (Wildman–Crippen LogP) is 12.9. The van der Waals surface area contributed by atoms with Crippen molar-refractivity contribution in [3.63, 3.8) is 0 Å². The largest absolute Gasteiger partial charge is 0.0622 e. The smallest absolute Gasteiger partial charge is 0.0358 e. The van der Waals surface area contributed by atoms with Crippen LogP contribution in [0.5, 0.6) is 0 Å². The van der Waals surface area contributed by atoms with Crippen molar-refractivity contribution >= 4 is 23.8 Å². The Morgan fingerprint density at radius 3 is 0.983 bits per heavy atom. The molecule has 0 nitrogen and oxygen atoms in total. The summed E-state index contributed by atoms with van der Waals surface area (Å²) in [5.41, 5.74) is 20.6. The first-order valence-corrected chi connectivity index (χ1v) is 21.8. The van der Waals surface area contributed by atoms with Gasteiger partial charge in [0.25, 0.3) is 0 Å². The summed E-state index contributed by atoms with van der Waals surface area (Å²) in [4.78, 5) is 0. The second-order valence-corrected chi connectivity index (χ2v) is 18.1. The highest BCUT2D eigenvalue weighted by atomic mass is 31.1. The Morgan fingerprint density at radius 2 is 0.569 bits per heavy atom. The van der Waals surface area contributed by atoms with Crippen LogP contribution in [0.3, 0.4) is 0 Å². The summed E-state index contributed by atoms with van der Waals surface area (Å²) in [5, 5.41) is 4.17. The molecule has 272 valence electrons. The molecule has 9 aromatic rings. The minimum absolute atomic E-state index is 0.105. The molecule has 12 rings (SSSR count). The molecular weight excluding hydrogens is 716 g/mol. The van der Waals surface area contributed by atoms with Crippen LogP contribution in [-0.2, 0) is 0 Å². The van der Waals surface area contributed by atoms with Crippen LogP contribution >= 0.6 is 7.92 Å². The summed E-state index contributed by atoms with van der Waals surface area (Å²) in [7, 11) is -0.805. The highest BCUT2D eigenvalue weighted by molar-refractivity contribution is 7.79. The normalized spacial score (nSPS) is 13.8. The van der Waals surface area contributed by atoms with Crippen LogP contribution in [0.4, 0.5) is 0 Å². The van der Waals surface area contributed by atoms with Crippen molar-refractivity contribution in [2.75, 3.05) is 0 Å². The molecule has 0 saturated heterocycles. The van der Waals surface area contributed by atoms with E-state index in [4.69, 9.17) is 0 Å². The summed E-state index contributed by atoms with van der Waals surface area (Å²) in [6.45, 7) is 0. The van der Waals surface area contributed by atoms with E-state index < -0.39 is 7.92 Å². The van der Waals surface area contributed by atoms with Crippen molar-refractivity contribution in [1.29, 1.82) is 0 Å². The van der Waals surface area contributed by atoms with Gasteiger partial charge in [0.2, 0.25) is 0 Å². The topological polar surface area (TPSA) is 0 Å². The van der Waals surface area contributed by atoms with Gasteiger partial charge in [-0.05, 0) is 119 Å². The van der Waals surface area contributed by atoms with Gasteiger partial charge in [-0.15, -0.1) is 0 Å². The Labute approximate surface area is 341 Å². The number of benzene rings is 9. The highest BCUT2D eigenvalue weighted by Crippen LogP contribution is 2.55. The van der Waals surface area contributed by atoms with E-state index in [-0.39, 0.29) is 17.8 Å². The Balaban J connectivity index is 1.08. The van der Waals surface area contributed by atoms with Crippen LogP contribution in [0.1, 0.15) is 67.8 Å². The molecule has 0 fully saturated rings. The zero-order chi connectivity index (χ0) is 38.2. The molecule has 0 radical (unpaired) electrons. The number of hydrogen-bond acceptors (Lipinski definition) is 0. The predicted molar refractivity (Wildman–Crippen MR) is 244 cm³/mol. The molecular formula is C57H39P. The SMILES string of the molecule is c1ccc(P(c2ccccc2)c2ccccc2C2c3ccc(C4c5ccccc5-c5ccccc54)cc3-c3cc(C4c5ccccc5-c5ccccc54)ccc32)cc1. The second-order valence-electron chi connectivity index (χ2n) is 15.9. The van der Waals surface area contributed by atoms with Crippen molar-refractivity contribution < 1.29 is 0 Å². The minimum atomic E-state index is -0.805. The molecule has 0 saturated carbocycles. The van der Waals surface area contributed by atoms with Crippen molar-refractivity contribution in [2.24, 2.45) is 0 Å². The fraction of sp³-hybridized carbons (Fsp3) is 0.0526. The van der Waals surface area contributed by atoms with Crippen LogP contribution in [0.25, 0.3) is 33.4 Å². The van der Waals surface area contributed by atoms with Crippen molar-refractivity contribution in [2.45, 2.75) is 17.8 Å². The van der Waals surface area contributed by atoms with E-state index >= 15 is 0 Å². The average molecular weight is 755 g/mol. The van der Waals surface area contributed by atoms with Crippen LogP contribution in [0.15, 0.2) is 218 Å². The molecule has 0 amide bonds. The fourth-order valence-corrected chi connectivity index (χ4v) is 13.0. The van der Waals surface area contributed by atoms with E-state index in [2.05, 4.69) is 218 Å². The molecule has 0 aliphatic heterocycles. The third kappa shape index (κ3) is 5.12. The third-order valence-corrected chi connectivity index (χ3v) is 15.4. The van der Waals surface area contributed by atoms with Gasteiger partial charge in [0.05, 0.1) is 0 Å². The lowest BCUT2D eigenvalue weighted by molar-refractivity contribution is 0.990. The molecule has 0 unspecified atom stereocenters. The second kappa shape index (κ2) is 13.5. The lowest BCUT2D eigenvalue weighted by Crippen LogP contribution is -2.24. The molecule has 58 heavy (non-hydrogen) atoms. The Kier molecular flexibility index (Phi) is 7.82. The summed E-state index contributed by atoms with van der Waals surface area (Å²) in [6.07, 6.45) is 0. The first-order valence-electron chi connectivity index (χ1n) is 20.5. The molecule has 3 aliphatic rings. The Bertz CT molecular complexity index is 2760. The average Bonchev–Trinajstić information content (AvgIpc) is 3.93. The van der Waals surface area contributed by atoms with E-state index in [9.17, 15) is 0 Å². The minimum Gasteiger partial charge on any atom is -0.0622 e. The van der Waals surface area contributed by atoms with Gasteiger partial charge in [-0.25, -0.2) is 0 Å². The Hall–Kier alpha value is -6.59. The molecule has 1 heteroatoms. The highest BCUT2D eigenvalue weighted by Gasteiger charge is 2.37. The summed E-state index contributed by atoms with van der Waals surface area (Å²) in [5.74, 6) is 0.481. The van der Waals surface area contributed by atoms with Gasteiger partial charge < -0.3 is 0 Å². The van der Waals surface area contributed by atoms with Crippen molar-refractivity contribution in [3.05, 3.63) is 268 Å². The molecule has 0 N–H and O–H groups in total. The maximum absolute atomic E-state index is 2.55. The van der Waals surface area contributed by atoms with Crippen LogP contribution in [-0.4, -0.2) is 0 Å². The lowest BCUT2D eigenvalue weighted by atomic mass is 9.85. The van der Waals surface area contributed by atoms with Gasteiger partial charge >= 0.3 is 0 Å². The van der Waals surface area contributed by atoms with Gasteiger partial charge in [-0.2, -0.15) is 0 Å². The quantitative estimate of drug-likeness (QED) is 0.148. The van der Waals surface area contributed by atoms with Crippen LogP contribution < -0.4 is 15.9 Å². The van der Waals surface area contributed by atoms with Gasteiger partial charge in [0.15, 0.2) is 0 Å². The fourth-order valence-electron chi connectivity index (χ4n) is 10.5. The molecule has 0 bridgehead atoms. The third-order valence-electron chi connectivity index (χ3n) is 12.9. The lowest BCUT2D eigenvalue weighted by Gasteiger charge is -2.26. The van der Waals surface area contributed by atoms with Crippen LogP contribution in [0.2, 0.25) is 0 Å². The Morgan fingerprint density at radius 1 is 0.241 bits per heavy atom. The summed E-state index contributed by atoms with van der Waals surface area (Å²) < 4.78 is 0. The zero-order valence-electron chi connectivity index (χ0n) is 32.0. The van der Waals surface area contributed by atoms with Crippen molar-refractivity contribution in [3.8, 4) is 33.4 Å². The van der Waals surface area contributed by atoms with Gasteiger partial charge in [0.1, 0.15) is 0 Å². The van der Waals surface area contributed by atoms with Crippen LogP contribution in [0, 0.1) is 0 Å². The summed E-state index contributed by atoms with van der Waals surface area (Å²) in [6, 6.07) is 82.6. The molecule has 3 aliphatic carbocycles. The van der Waals surface area contributed by atoms with E-state index in [1.165, 1.54) is 99.4 Å². The standard InChI is InChI=1S/C57H39P/c1-3-17-39(18-4-1)58(40-19-5-2-6-20-40)54-30-16-15-29-51(54)57-49-33-31-37(55-45-25-11-7-21-41(45)42-22-8-12-26-46(42)55)35-52(49)53-36-38(32-34-50(53)57)56-47-27-13-9-23-43(47)44-24-10-14-28-48(44)56/h1-36,55-57H. The molecule has 9 aromatic carbocycles. The zero-order valence-corrected chi connectivity index (χ0v) is 32.9. The maximum atomic E-state index is 2.55. The maximum Gasteiger partial charge on any atom is 0.0358 e. The van der Waals surface area contributed by atoms with E-state index in [0.717, 1.165) is 0 Å². The molecule has 0 spiro atoms. The van der Waals surface area contributed by atoms with Gasteiger partial charge in [-0.1, -0.05) is 206 Å². The van der Waals surface area contributed by atoms with Crippen molar-refractivity contribution in [1.82, 2.24) is 0 Å².